The highest BCUT2D eigenvalue weighted by Crippen LogP contribution is 2.27. The van der Waals surface area contributed by atoms with E-state index in [1.165, 1.54) is 32.2 Å². The minimum atomic E-state index is 0.893. The third-order valence-corrected chi connectivity index (χ3v) is 2.87. The van der Waals surface area contributed by atoms with E-state index < -0.39 is 0 Å². The second-order valence-electron chi connectivity index (χ2n) is 4.05. The van der Waals surface area contributed by atoms with E-state index in [1.54, 1.807) is 0 Å². The van der Waals surface area contributed by atoms with Gasteiger partial charge in [-0.3, -0.25) is 0 Å². The molecule has 0 bridgehead atoms. The van der Waals surface area contributed by atoms with Crippen LogP contribution >= 0.6 is 0 Å². The zero-order valence-corrected chi connectivity index (χ0v) is 8.14. The molecule has 0 amide bonds. The minimum absolute atomic E-state index is 0.893. The van der Waals surface area contributed by atoms with Crippen molar-refractivity contribution in [3.05, 3.63) is 0 Å². The van der Waals surface area contributed by atoms with Gasteiger partial charge in [0.2, 0.25) is 0 Å². The van der Waals surface area contributed by atoms with Crippen molar-refractivity contribution in [3.8, 4) is 0 Å². The van der Waals surface area contributed by atoms with Crippen molar-refractivity contribution in [2.75, 3.05) is 13.6 Å². The summed E-state index contributed by atoms with van der Waals surface area (Å²) in [5, 5.41) is 0. The number of hydrogen-bond donors (Lipinski definition) is 0. The van der Waals surface area contributed by atoms with Crippen molar-refractivity contribution < 1.29 is 0 Å². The quantitative estimate of drug-likeness (QED) is 0.605. The van der Waals surface area contributed by atoms with E-state index in [2.05, 4.69) is 25.8 Å². The first-order chi connectivity index (χ1) is 5.24. The molecule has 66 valence electrons. The summed E-state index contributed by atoms with van der Waals surface area (Å²) in [6.07, 6.45) is 5.59. The third-order valence-electron chi connectivity index (χ3n) is 2.87. The monoisotopic (exact) mass is 155 g/mol. The second kappa shape index (κ2) is 4.10. The van der Waals surface area contributed by atoms with Gasteiger partial charge in [0.05, 0.1) is 0 Å². The Kier molecular flexibility index (Phi) is 3.38. The molecule has 0 radical (unpaired) electrons. The smallest absolute Gasteiger partial charge is 0.00948 e. The van der Waals surface area contributed by atoms with E-state index in [0.29, 0.717) is 0 Å². The topological polar surface area (TPSA) is 3.24 Å². The zero-order valence-electron chi connectivity index (χ0n) is 8.14. The molecule has 1 nitrogen and oxygen atoms in total. The molecular weight excluding hydrogens is 134 g/mol. The summed E-state index contributed by atoms with van der Waals surface area (Å²) in [5.41, 5.74) is 0. The van der Waals surface area contributed by atoms with E-state index >= 15 is 0 Å². The molecule has 0 aromatic rings. The van der Waals surface area contributed by atoms with E-state index in [0.717, 1.165) is 12.0 Å². The summed E-state index contributed by atoms with van der Waals surface area (Å²) in [5.74, 6) is 0.972. The van der Waals surface area contributed by atoms with Crippen LogP contribution in [0.25, 0.3) is 0 Å². The molecule has 1 fully saturated rings. The first-order valence-electron chi connectivity index (χ1n) is 4.94. The summed E-state index contributed by atoms with van der Waals surface area (Å²) in [6, 6.07) is 0.893. The Hall–Kier alpha value is -0.0400. The van der Waals surface area contributed by atoms with Crippen molar-refractivity contribution in [3.63, 3.8) is 0 Å². The van der Waals surface area contributed by atoms with Crippen molar-refractivity contribution in [2.45, 2.75) is 45.6 Å². The highest BCUT2D eigenvalue weighted by Gasteiger charge is 2.23. The first kappa shape index (κ1) is 9.05. The average Bonchev–Trinajstić information content (AvgIpc) is 2.36. The standard InChI is InChI=1S/C10H21N/c1-4-7-11(3)10-6-5-9(2)8-10/h9-10H,4-8H2,1-3H3. The number of hydrogen-bond acceptors (Lipinski definition) is 1. The lowest BCUT2D eigenvalue weighted by molar-refractivity contribution is 0.242. The van der Waals surface area contributed by atoms with Gasteiger partial charge in [-0.25, -0.2) is 0 Å². The molecular formula is C10H21N. The maximum Gasteiger partial charge on any atom is 0.00948 e. The zero-order chi connectivity index (χ0) is 8.27. The predicted molar refractivity (Wildman–Crippen MR) is 49.7 cm³/mol. The lowest BCUT2D eigenvalue weighted by Crippen LogP contribution is -2.29. The van der Waals surface area contributed by atoms with Crippen molar-refractivity contribution >= 4 is 0 Å². The largest absolute Gasteiger partial charge is 0.303 e. The molecule has 0 aliphatic heterocycles. The molecule has 1 aliphatic rings. The molecule has 0 heterocycles. The molecule has 1 aliphatic carbocycles. The molecule has 2 atom stereocenters. The highest BCUT2D eigenvalue weighted by atomic mass is 15.1. The molecule has 1 heteroatoms. The summed E-state index contributed by atoms with van der Waals surface area (Å²) in [7, 11) is 2.27. The van der Waals surface area contributed by atoms with Crippen LogP contribution in [0.5, 0.6) is 0 Å². The van der Waals surface area contributed by atoms with Crippen molar-refractivity contribution in [2.24, 2.45) is 5.92 Å². The predicted octanol–water partition coefficient (Wildman–Crippen LogP) is 2.52. The average molecular weight is 155 g/mol. The summed E-state index contributed by atoms with van der Waals surface area (Å²) in [6.45, 7) is 5.91. The van der Waals surface area contributed by atoms with Crippen LogP contribution in [0, 0.1) is 5.92 Å². The van der Waals surface area contributed by atoms with Gasteiger partial charge >= 0.3 is 0 Å². The van der Waals surface area contributed by atoms with Crippen LogP contribution in [0.15, 0.2) is 0 Å². The Morgan fingerprint density at radius 1 is 1.36 bits per heavy atom. The van der Waals surface area contributed by atoms with E-state index in [-0.39, 0.29) is 0 Å². The summed E-state index contributed by atoms with van der Waals surface area (Å²) < 4.78 is 0. The van der Waals surface area contributed by atoms with Crippen LogP contribution in [-0.4, -0.2) is 24.5 Å². The molecule has 0 N–H and O–H groups in total. The molecule has 1 rings (SSSR count). The van der Waals surface area contributed by atoms with Gasteiger partial charge in [-0.1, -0.05) is 13.8 Å². The fourth-order valence-corrected chi connectivity index (χ4v) is 2.11. The van der Waals surface area contributed by atoms with E-state index in [4.69, 9.17) is 0 Å². The van der Waals surface area contributed by atoms with Crippen molar-refractivity contribution in [1.82, 2.24) is 4.90 Å². The van der Waals surface area contributed by atoms with Crippen LogP contribution < -0.4 is 0 Å². The first-order valence-corrected chi connectivity index (χ1v) is 4.94. The Bertz CT molecular complexity index is 111. The van der Waals surface area contributed by atoms with Gasteiger partial charge in [-0.05, 0) is 45.2 Å². The van der Waals surface area contributed by atoms with Crippen LogP contribution in [0.3, 0.4) is 0 Å². The Balaban J connectivity index is 2.25. The fraction of sp³-hybridized carbons (Fsp3) is 1.00. The second-order valence-corrected chi connectivity index (χ2v) is 4.05. The highest BCUT2D eigenvalue weighted by molar-refractivity contribution is 4.78. The van der Waals surface area contributed by atoms with Gasteiger partial charge in [-0.15, -0.1) is 0 Å². The number of nitrogens with zero attached hydrogens (tertiary/aromatic N) is 1. The Morgan fingerprint density at radius 2 is 2.09 bits per heavy atom. The summed E-state index contributed by atoms with van der Waals surface area (Å²) in [4.78, 5) is 2.53. The lowest BCUT2D eigenvalue weighted by atomic mass is 10.1. The molecule has 11 heavy (non-hydrogen) atoms. The molecule has 0 spiro atoms. The normalized spacial score (nSPS) is 31.6. The van der Waals surface area contributed by atoms with Crippen LogP contribution in [-0.2, 0) is 0 Å². The van der Waals surface area contributed by atoms with Gasteiger partial charge in [0.1, 0.15) is 0 Å². The van der Waals surface area contributed by atoms with Crippen LogP contribution in [0.1, 0.15) is 39.5 Å². The van der Waals surface area contributed by atoms with Gasteiger partial charge in [0, 0.05) is 6.04 Å². The van der Waals surface area contributed by atoms with Gasteiger partial charge in [0.15, 0.2) is 0 Å². The minimum Gasteiger partial charge on any atom is -0.303 e. The van der Waals surface area contributed by atoms with Gasteiger partial charge < -0.3 is 4.90 Å². The Labute approximate surface area is 70.8 Å². The molecule has 2 unspecified atom stereocenters. The maximum absolute atomic E-state index is 2.53. The number of rotatable bonds is 3. The third kappa shape index (κ3) is 2.48. The summed E-state index contributed by atoms with van der Waals surface area (Å²) >= 11 is 0. The van der Waals surface area contributed by atoms with Crippen LogP contribution in [0.4, 0.5) is 0 Å². The Morgan fingerprint density at radius 3 is 2.55 bits per heavy atom. The van der Waals surface area contributed by atoms with E-state index in [9.17, 15) is 0 Å². The van der Waals surface area contributed by atoms with Gasteiger partial charge in [-0.2, -0.15) is 0 Å². The molecule has 0 aromatic heterocycles. The molecule has 1 saturated carbocycles. The maximum atomic E-state index is 2.53. The fourth-order valence-electron chi connectivity index (χ4n) is 2.11. The SMILES string of the molecule is CCCN(C)C1CCC(C)C1. The van der Waals surface area contributed by atoms with Crippen molar-refractivity contribution in [1.29, 1.82) is 0 Å². The van der Waals surface area contributed by atoms with Gasteiger partial charge in [0.25, 0.3) is 0 Å². The van der Waals surface area contributed by atoms with Crippen LogP contribution in [0.2, 0.25) is 0 Å². The molecule has 0 aromatic carbocycles. The van der Waals surface area contributed by atoms with E-state index in [1.807, 2.05) is 0 Å². The lowest BCUT2D eigenvalue weighted by Gasteiger charge is -2.23. The molecule has 0 saturated heterocycles.